The van der Waals surface area contributed by atoms with Gasteiger partial charge in [-0.3, -0.25) is 4.79 Å². The normalized spacial score (nSPS) is 16.8. The Bertz CT molecular complexity index is 567. The lowest BCUT2D eigenvalue weighted by molar-refractivity contribution is -0.114. The molecule has 0 unspecified atom stereocenters. The lowest BCUT2D eigenvalue weighted by atomic mass is 9.79. The summed E-state index contributed by atoms with van der Waals surface area (Å²) in [6, 6.07) is 8.13. The van der Waals surface area contributed by atoms with Crippen LogP contribution in [0.15, 0.2) is 34.8 Å². The minimum Gasteiger partial charge on any atom is -0.370 e. The standard InChI is InChI=1S/C15H19N3O/c1-15(2)8-7-11(13(19)18-14(16)17)9-10-5-3-4-6-12(10)15/h3-6,9H,7-8H2,1-2H3,(H4,16,17,18,19). The van der Waals surface area contributed by atoms with Crippen molar-refractivity contribution in [3.8, 4) is 0 Å². The van der Waals surface area contributed by atoms with E-state index in [0.717, 1.165) is 12.0 Å². The van der Waals surface area contributed by atoms with E-state index >= 15 is 0 Å². The topological polar surface area (TPSA) is 81.5 Å². The summed E-state index contributed by atoms with van der Waals surface area (Å²) in [4.78, 5) is 15.6. The molecule has 1 amide bonds. The molecule has 0 aliphatic heterocycles. The molecule has 0 radical (unpaired) electrons. The van der Waals surface area contributed by atoms with Crippen molar-refractivity contribution >= 4 is 17.9 Å². The second kappa shape index (κ2) is 4.88. The lowest BCUT2D eigenvalue weighted by Crippen LogP contribution is -2.24. The van der Waals surface area contributed by atoms with Gasteiger partial charge in [-0.15, -0.1) is 0 Å². The fourth-order valence-corrected chi connectivity index (χ4v) is 2.44. The van der Waals surface area contributed by atoms with Crippen molar-refractivity contribution in [3.63, 3.8) is 0 Å². The Kier molecular flexibility index (Phi) is 3.42. The highest BCUT2D eigenvalue weighted by Gasteiger charge is 2.27. The molecular weight excluding hydrogens is 238 g/mol. The van der Waals surface area contributed by atoms with Crippen LogP contribution >= 0.6 is 0 Å². The fraction of sp³-hybridized carbons (Fsp3) is 0.333. The van der Waals surface area contributed by atoms with Gasteiger partial charge in [-0.2, -0.15) is 4.99 Å². The van der Waals surface area contributed by atoms with Crippen LogP contribution in [0.3, 0.4) is 0 Å². The molecule has 4 nitrogen and oxygen atoms in total. The monoisotopic (exact) mass is 257 g/mol. The van der Waals surface area contributed by atoms with E-state index in [1.165, 1.54) is 5.56 Å². The number of nitrogens with two attached hydrogens (primary N) is 2. The average molecular weight is 257 g/mol. The van der Waals surface area contributed by atoms with Gasteiger partial charge in [0, 0.05) is 5.57 Å². The van der Waals surface area contributed by atoms with Crippen molar-refractivity contribution in [1.29, 1.82) is 0 Å². The van der Waals surface area contributed by atoms with Gasteiger partial charge in [0.15, 0.2) is 5.96 Å². The highest BCUT2D eigenvalue weighted by Crippen LogP contribution is 2.36. The number of fused-ring (bicyclic) bond motifs is 1. The third-order valence-electron chi connectivity index (χ3n) is 3.54. The first-order chi connectivity index (χ1) is 8.90. The molecule has 19 heavy (non-hydrogen) atoms. The summed E-state index contributed by atoms with van der Waals surface area (Å²) >= 11 is 0. The Morgan fingerprint density at radius 3 is 2.63 bits per heavy atom. The van der Waals surface area contributed by atoms with E-state index in [9.17, 15) is 4.79 Å². The zero-order chi connectivity index (χ0) is 14.0. The van der Waals surface area contributed by atoms with Crippen molar-refractivity contribution in [1.82, 2.24) is 0 Å². The van der Waals surface area contributed by atoms with Gasteiger partial charge >= 0.3 is 0 Å². The number of aliphatic imine (C=N–C) groups is 1. The van der Waals surface area contributed by atoms with Crippen LogP contribution in [0.25, 0.3) is 6.08 Å². The maximum absolute atomic E-state index is 12.0. The van der Waals surface area contributed by atoms with Crippen LogP contribution in [0.1, 0.15) is 37.8 Å². The molecule has 0 atom stereocenters. The minimum atomic E-state index is -0.340. The molecule has 2 rings (SSSR count). The molecule has 1 aliphatic carbocycles. The molecule has 0 saturated heterocycles. The first-order valence-corrected chi connectivity index (χ1v) is 6.34. The van der Waals surface area contributed by atoms with Crippen LogP contribution in [-0.2, 0) is 10.2 Å². The van der Waals surface area contributed by atoms with E-state index in [0.29, 0.717) is 12.0 Å². The van der Waals surface area contributed by atoms with Gasteiger partial charge in [-0.05, 0) is 35.5 Å². The van der Waals surface area contributed by atoms with Gasteiger partial charge < -0.3 is 11.5 Å². The van der Waals surface area contributed by atoms with Crippen LogP contribution in [0, 0.1) is 0 Å². The molecular formula is C15H19N3O. The van der Waals surface area contributed by atoms with Gasteiger partial charge in [0.05, 0.1) is 0 Å². The van der Waals surface area contributed by atoms with Crippen LogP contribution in [0.2, 0.25) is 0 Å². The SMILES string of the molecule is CC1(C)CCC(C(=O)N=C(N)N)=Cc2ccccc21. The zero-order valence-corrected chi connectivity index (χ0v) is 11.3. The Balaban J connectivity index is 2.45. The Morgan fingerprint density at radius 2 is 1.95 bits per heavy atom. The van der Waals surface area contributed by atoms with Gasteiger partial charge in [0.2, 0.25) is 0 Å². The van der Waals surface area contributed by atoms with Gasteiger partial charge in [0.1, 0.15) is 0 Å². The number of hydrogen-bond donors (Lipinski definition) is 2. The van der Waals surface area contributed by atoms with Crippen molar-refractivity contribution in [2.75, 3.05) is 0 Å². The van der Waals surface area contributed by atoms with Crippen molar-refractivity contribution < 1.29 is 4.79 Å². The lowest BCUT2D eigenvalue weighted by Gasteiger charge is -2.25. The number of nitrogens with zero attached hydrogens (tertiary/aromatic N) is 1. The number of amides is 1. The first-order valence-electron chi connectivity index (χ1n) is 6.34. The third kappa shape index (κ3) is 2.84. The number of carbonyl (C=O) groups excluding carboxylic acids is 1. The second-order valence-electron chi connectivity index (χ2n) is 5.48. The number of hydrogen-bond acceptors (Lipinski definition) is 1. The highest BCUT2D eigenvalue weighted by atomic mass is 16.1. The number of benzene rings is 1. The predicted molar refractivity (Wildman–Crippen MR) is 77.5 cm³/mol. The molecule has 0 spiro atoms. The van der Waals surface area contributed by atoms with Gasteiger partial charge in [-0.1, -0.05) is 38.1 Å². The fourth-order valence-electron chi connectivity index (χ4n) is 2.44. The molecule has 4 heteroatoms. The molecule has 0 saturated carbocycles. The van der Waals surface area contributed by atoms with Gasteiger partial charge in [0.25, 0.3) is 5.91 Å². The molecule has 1 aromatic rings. The van der Waals surface area contributed by atoms with E-state index in [2.05, 4.69) is 24.9 Å². The first kappa shape index (κ1) is 13.3. The number of rotatable bonds is 1. The van der Waals surface area contributed by atoms with E-state index in [1.807, 2.05) is 24.3 Å². The summed E-state index contributed by atoms with van der Waals surface area (Å²) in [5.41, 5.74) is 13.5. The summed E-state index contributed by atoms with van der Waals surface area (Å²) in [6.07, 6.45) is 3.47. The Labute approximate surface area is 113 Å². The summed E-state index contributed by atoms with van der Waals surface area (Å²) in [6.45, 7) is 4.38. The van der Waals surface area contributed by atoms with Crippen LogP contribution in [0.5, 0.6) is 0 Å². The zero-order valence-electron chi connectivity index (χ0n) is 11.3. The van der Waals surface area contributed by atoms with Crippen molar-refractivity contribution in [2.45, 2.75) is 32.1 Å². The smallest absolute Gasteiger partial charge is 0.276 e. The van der Waals surface area contributed by atoms with E-state index in [4.69, 9.17) is 11.5 Å². The maximum atomic E-state index is 12.0. The van der Waals surface area contributed by atoms with E-state index in [1.54, 1.807) is 0 Å². The molecule has 0 fully saturated rings. The molecule has 0 heterocycles. The average Bonchev–Trinajstić information content (AvgIpc) is 2.46. The summed E-state index contributed by atoms with van der Waals surface area (Å²) in [5.74, 6) is -0.532. The van der Waals surface area contributed by atoms with Gasteiger partial charge in [-0.25, -0.2) is 0 Å². The van der Waals surface area contributed by atoms with Crippen molar-refractivity contribution in [3.05, 3.63) is 41.0 Å². The second-order valence-corrected chi connectivity index (χ2v) is 5.48. The largest absolute Gasteiger partial charge is 0.370 e. The number of carbonyl (C=O) groups is 1. The molecule has 4 N–H and O–H groups in total. The maximum Gasteiger partial charge on any atom is 0.276 e. The molecule has 100 valence electrons. The molecule has 0 aromatic heterocycles. The predicted octanol–water partition coefficient (Wildman–Crippen LogP) is 1.94. The van der Waals surface area contributed by atoms with E-state index < -0.39 is 0 Å². The van der Waals surface area contributed by atoms with Crippen LogP contribution < -0.4 is 11.5 Å². The molecule has 0 bridgehead atoms. The van der Waals surface area contributed by atoms with Crippen LogP contribution in [0.4, 0.5) is 0 Å². The third-order valence-corrected chi connectivity index (χ3v) is 3.54. The highest BCUT2D eigenvalue weighted by molar-refractivity contribution is 6.04. The van der Waals surface area contributed by atoms with Crippen LogP contribution in [-0.4, -0.2) is 11.9 Å². The summed E-state index contributed by atoms with van der Waals surface area (Å²) in [5, 5.41) is 0. The summed E-state index contributed by atoms with van der Waals surface area (Å²) in [7, 11) is 0. The molecule has 1 aliphatic rings. The van der Waals surface area contributed by atoms with Crippen molar-refractivity contribution in [2.24, 2.45) is 16.5 Å². The van der Waals surface area contributed by atoms with E-state index in [-0.39, 0.29) is 17.3 Å². The minimum absolute atomic E-state index is 0.0348. The molecule has 1 aromatic carbocycles. The Hall–Kier alpha value is -2.10. The summed E-state index contributed by atoms with van der Waals surface area (Å²) < 4.78 is 0. The number of guanidine groups is 1. The quantitative estimate of drug-likeness (QED) is 0.596. The Morgan fingerprint density at radius 1 is 1.26 bits per heavy atom.